The fourth-order valence-corrected chi connectivity index (χ4v) is 2.35. The van der Waals surface area contributed by atoms with E-state index in [1.54, 1.807) is 12.3 Å². The van der Waals surface area contributed by atoms with Crippen LogP contribution in [0.2, 0.25) is 0 Å². The molecule has 0 amide bonds. The van der Waals surface area contributed by atoms with E-state index < -0.39 is 5.97 Å². The van der Waals surface area contributed by atoms with Crippen molar-refractivity contribution in [1.29, 1.82) is 0 Å². The zero-order chi connectivity index (χ0) is 12.3. The highest BCUT2D eigenvalue weighted by Gasteiger charge is 2.28. The molecule has 1 aliphatic carbocycles. The number of anilines is 1. The van der Waals surface area contributed by atoms with Gasteiger partial charge in [0.1, 0.15) is 5.69 Å². The van der Waals surface area contributed by atoms with Crippen molar-refractivity contribution in [2.24, 2.45) is 5.41 Å². The van der Waals surface area contributed by atoms with Gasteiger partial charge in [-0.25, -0.2) is 9.78 Å². The second kappa shape index (κ2) is 4.73. The van der Waals surface area contributed by atoms with Crippen LogP contribution in [0.5, 0.6) is 0 Å². The van der Waals surface area contributed by atoms with E-state index in [1.165, 1.54) is 31.7 Å². The predicted molar refractivity (Wildman–Crippen MR) is 66.3 cm³/mol. The zero-order valence-electron chi connectivity index (χ0n) is 10.1. The Balaban J connectivity index is 1.93. The summed E-state index contributed by atoms with van der Waals surface area (Å²) < 4.78 is 0. The van der Waals surface area contributed by atoms with Gasteiger partial charge in [0.25, 0.3) is 0 Å². The number of hydrogen-bond acceptors (Lipinski definition) is 3. The first-order chi connectivity index (χ1) is 8.09. The quantitative estimate of drug-likeness (QED) is 0.840. The Morgan fingerprint density at radius 2 is 2.18 bits per heavy atom. The lowest BCUT2D eigenvalue weighted by molar-refractivity contribution is 0.0690. The molecule has 0 aromatic carbocycles. The third-order valence-corrected chi connectivity index (χ3v) is 3.51. The summed E-state index contributed by atoms with van der Waals surface area (Å²) in [6.45, 7) is 3.23. The van der Waals surface area contributed by atoms with Gasteiger partial charge in [-0.3, -0.25) is 0 Å². The fraction of sp³-hybridized carbons (Fsp3) is 0.538. The summed E-state index contributed by atoms with van der Waals surface area (Å²) in [6.07, 6.45) is 6.74. The van der Waals surface area contributed by atoms with Crippen molar-refractivity contribution in [3.05, 3.63) is 24.0 Å². The van der Waals surface area contributed by atoms with Gasteiger partial charge >= 0.3 is 5.97 Å². The number of nitrogens with one attached hydrogen (secondary N) is 1. The minimum atomic E-state index is -0.987. The van der Waals surface area contributed by atoms with Crippen LogP contribution >= 0.6 is 0 Å². The molecule has 17 heavy (non-hydrogen) atoms. The number of carbonyl (C=O) groups is 1. The number of rotatable bonds is 4. The van der Waals surface area contributed by atoms with Crippen LogP contribution in [0, 0.1) is 5.41 Å². The van der Waals surface area contributed by atoms with Gasteiger partial charge in [0, 0.05) is 6.54 Å². The van der Waals surface area contributed by atoms with Crippen molar-refractivity contribution in [2.75, 3.05) is 11.9 Å². The third kappa shape index (κ3) is 2.96. The lowest BCUT2D eigenvalue weighted by Gasteiger charge is -2.24. The predicted octanol–water partition coefficient (Wildman–Crippen LogP) is 2.77. The fourth-order valence-electron chi connectivity index (χ4n) is 2.35. The Kier molecular flexibility index (Phi) is 3.31. The standard InChI is InChI=1S/C13H18N2O2/c1-13(6-2-3-7-13)9-15-10-4-5-11(12(16)17)14-8-10/h4-5,8,15H,2-3,6-7,9H2,1H3,(H,16,17). The van der Waals surface area contributed by atoms with Crippen molar-refractivity contribution in [2.45, 2.75) is 32.6 Å². The Hall–Kier alpha value is -1.58. The third-order valence-electron chi connectivity index (χ3n) is 3.51. The molecule has 0 spiro atoms. The van der Waals surface area contributed by atoms with Gasteiger partial charge in [0.15, 0.2) is 0 Å². The van der Waals surface area contributed by atoms with Crippen molar-refractivity contribution in [3.8, 4) is 0 Å². The van der Waals surface area contributed by atoms with E-state index in [0.717, 1.165) is 12.2 Å². The molecule has 0 unspecified atom stereocenters. The van der Waals surface area contributed by atoms with Crippen LogP contribution in [0.25, 0.3) is 0 Å². The number of aromatic nitrogens is 1. The van der Waals surface area contributed by atoms with Gasteiger partial charge in [-0.2, -0.15) is 0 Å². The first-order valence-corrected chi connectivity index (χ1v) is 6.02. The van der Waals surface area contributed by atoms with Crippen molar-refractivity contribution in [1.82, 2.24) is 4.98 Å². The highest BCUT2D eigenvalue weighted by Crippen LogP contribution is 2.37. The minimum Gasteiger partial charge on any atom is -0.477 e. The molecule has 2 rings (SSSR count). The van der Waals surface area contributed by atoms with Gasteiger partial charge in [0.05, 0.1) is 11.9 Å². The number of nitrogens with zero attached hydrogens (tertiary/aromatic N) is 1. The van der Waals surface area contributed by atoms with Gasteiger partial charge in [0.2, 0.25) is 0 Å². The van der Waals surface area contributed by atoms with E-state index in [-0.39, 0.29) is 5.69 Å². The lowest BCUT2D eigenvalue weighted by atomic mass is 9.89. The Morgan fingerprint density at radius 1 is 1.47 bits per heavy atom. The Bertz CT molecular complexity index is 394. The van der Waals surface area contributed by atoms with Gasteiger partial charge in [-0.15, -0.1) is 0 Å². The average Bonchev–Trinajstić information content (AvgIpc) is 2.75. The molecule has 1 heterocycles. The Morgan fingerprint density at radius 3 is 2.71 bits per heavy atom. The van der Waals surface area contributed by atoms with Crippen LogP contribution in [-0.2, 0) is 0 Å². The number of hydrogen-bond donors (Lipinski definition) is 2. The van der Waals surface area contributed by atoms with Gasteiger partial charge in [-0.05, 0) is 30.4 Å². The zero-order valence-corrected chi connectivity index (χ0v) is 10.1. The summed E-state index contributed by atoms with van der Waals surface area (Å²) in [5.41, 5.74) is 1.36. The first-order valence-electron chi connectivity index (χ1n) is 6.02. The Labute approximate surface area is 101 Å². The van der Waals surface area contributed by atoms with E-state index >= 15 is 0 Å². The number of carboxylic acid groups (broad SMARTS) is 1. The molecule has 4 nitrogen and oxygen atoms in total. The molecular formula is C13H18N2O2. The molecule has 0 saturated heterocycles. The largest absolute Gasteiger partial charge is 0.477 e. The van der Waals surface area contributed by atoms with E-state index in [0.29, 0.717) is 5.41 Å². The second-order valence-corrected chi connectivity index (χ2v) is 5.11. The maximum absolute atomic E-state index is 10.6. The van der Waals surface area contributed by atoms with Crippen molar-refractivity contribution < 1.29 is 9.90 Å². The average molecular weight is 234 g/mol. The van der Waals surface area contributed by atoms with Crippen molar-refractivity contribution in [3.63, 3.8) is 0 Å². The van der Waals surface area contributed by atoms with Crippen LogP contribution in [0.4, 0.5) is 5.69 Å². The van der Waals surface area contributed by atoms with Crippen LogP contribution in [-0.4, -0.2) is 22.6 Å². The molecule has 1 aromatic heterocycles. The molecule has 92 valence electrons. The van der Waals surface area contributed by atoms with Crippen molar-refractivity contribution >= 4 is 11.7 Å². The highest BCUT2D eigenvalue weighted by molar-refractivity contribution is 5.85. The van der Waals surface area contributed by atoms with E-state index in [9.17, 15) is 4.79 Å². The lowest BCUT2D eigenvalue weighted by Crippen LogP contribution is -2.23. The molecule has 0 bridgehead atoms. The summed E-state index contributed by atoms with van der Waals surface area (Å²) in [5, 5.41) is 12.1. The smallest absolute Gasteiger partial charge is 0.354 e. The topological polar surface area (TPSA) is 62.2 Å². The molecular weight excluding hydrogens is 216 g/mol. The normalized spacial score (nSPS) is 17.9. The molecule has 0 aliphatic heterocycles. The van der Waals surface area contributed by atoms with Gasteiger partial charge in [-0.1, -0.05) is 19.8 Å². The monoisotopic (exact) mass is 234 g/mol. The number of pyridine rings is 1. The second-order valence-electron chi connectivity index (χ2n) is 5.11. The molecule has 1 aliphatic rings. The first kappa shape index (κ1) is 11.9. The molecule has 0 atom stereocenters. The highest BCUT2D eigenvalue weighted by atomic mass is 16.4. The molecule has 1 saturated carbocycles. The summed E-state index contributed by atoms with van der Waals surface area (Å²) in [5.74, 6) is -0.987. The van der Waals surface area contributed by atoms with E-state index in [1.807, 2.05) is 0 Å². The van der Waals surface area contributed by atoms with E-state index in [2.05, 4.69) is 17.2 Å². The van der Waals surface area contributed by atoms with Gasteiger partial charge < -0.3 is 10.4 Å². The molecule has 1 aromatic rings. The minimum absolute atomic E-state index is 0.0858. The number of carboxylic acids is 1. The summed E-state index contributed by atoms with van der Waals surface area (Å²) in [7, 11) is 0. The van der Waals surface area contributed by atoms with Crippen LogP contribution in [0.1, 0.15) is 43.1 Å². The number of aromatic carboxylic acids is 1. The molecule has 0 radical (unpaired) electrons. The maximum atomic E-state index is 10.6. The summed E-state index contributed by atoms with van der Waals surface area (Å²) in [6, 6.07) is 3.30. The summed E-state index contributed by atoms with van der Waals surface area (Å²) >= 11 is 0. The van der Waals surface area contributed by atoms with E-state index in [4.69, 9.17) is 5.11 Å². The molecule has 1 fully saturated rings. The summed E-state index contributed by atoms with van der Waals surface area (Å²) in [4.78, 5) is 14.5. The van der Waals surface area contributed by atoms with Crippen LogP contribution in [0.3, 0.4) is 0 Å². The maximum Gasteiger partial charge on any atom is 0.354 e. The van der Waals surface area contributed by atoms with Crippen LogP contribution in [0.15, 0.2) is 18.3 Å². The van der Waals surface area contributed by atoms with Crippen LogP contribution < -0.4 is 5.32 Å². The SMILES string of the molecule is CC1(CNc2ccc(C(=O)O)nc2)CCCC1. The molecule has 2 N–H and O–H groups in total. The molecule has 4 heteroatoms.